The first-order valence-electron chi connectivity index (χ1n) is 11.0. The molecule has 158 valence electrons. The SMILES string of the molecule is CCc1ccc(CNC(=O)[C@@H]2CCCN(c3ncnc4c3oc3ccccc34)C2)cc1. The van der Waals surface area contributed by atoms with Crippen LogP contribution in [0.2, 0.25) is 0 Å². The fourth-order valence-corrected chi connectivity index (χ4v) is 4.35. The summed E-state index contributed by atoms with van der Waals surface area (Å²) in [5.74, 6) is 0.797. The van der Waals surface area contributed by atoms with Gasteiger partial charge in [-0.05, 0) is 42.5 Å². The van der Waals surface area contributed by atoms with Gasteiger partial charge in [-0.15, -0.1) is 0 Å². The largest absolute Gasteiger partial charge is 0.450 e. The molecule has 5 rings (SSSR count). The number of aromatic nitrogens is 2. The number of piperidine rings is 1. The molecular formula is C25H26N4O2. The number of carbonyl (C=O) groups is 1. The number of hydrogen-bond donors (Lipinski definition) is 1. The summed E-state index contributed by atoms with van der Waals surface area (Å²) in [5, 5.41) is 4.10. The third-order valence-corrected chi connectivity index (χ3v) is 6.13. The average molecular weight is 415 g/mol. The molecule has 2 aromatic carbocycles. The first-order chi connectivity index (χ1) is 15.2. The molecule has 0 bridgehead atoms. The molecule has 4 aromatic rings. The monoisotopic (exact) mass is 414 g/mol. The number of nitrogens with one attached hydrogen (secondary N) is 1. The summed E-state index contributed by atoms with van der Waals surface area (Å²) in [5.41, 5.74) is 4.75. The van der Waals surface area contributed by atoms with Crippen molar-refractivity contribution in [3.05, 3.63) is 66.0 Å². The molecule has 1 atom stereocenters. The Bertz CT molecular complexity index is 1220. The molecule has 1 fully saturated rings. The number of hydrogen-bond acceptors (Lipinski definition) is 5. The quantitative estimate of drug-likeness (QED) is 0.522. The van der Waals surface area contributed by atoms with Crippen LogP contribution in [0.4, 0.5) is 5.82 Å². The summed E-state index contributed by atoms with van der Waals surface area (Å²) in [6, 6.07) is 16.3. The molecular weight excluding hydrogens is 388 g/mol. The van der Waals surface area contributed by atoms with Gasteiger partial charge in [0.05, 0.1) is 5.92 Å². The number of fused-ring (bicyclic) bond motifs is 3. The second kappa shape index (κ2) is 8.38. The predicted molar refractivity (Wildman–Crippen MR) is 122 cm³/mol. The van der Waals surface area contributed by atoms with E-state index in [4.69, 9.17) is 4.42 Å². The first-order valence-corrected chi connectivity index (χ1v) is 11.0. The zero-order chi connectivity index (χ0) is 21.2. The lowest BCUT2D eigenvalue weighted by Crippen LogP contribution is -2.43. The van der Waals surface area contributed by atoms with Gasteiger partial charge < -0.3 is 14.6 Å². The van der Waals surface area contributed by atoms with Gasteiger partial charge in [0.25, 0.3) is 0 Å². The Labute approximate surface area is 181 Å². The Balaban J connectivity index is 1.31. The molecule has 0 aliphatic carbocycles. The zero-order valence-corrected chi connectivity index (χ0v) is 17.7. The van der Waals surface area contributed by atoms with E-state index in [0.29, 0.717) is 18.7 Å². The lowest BCUT2D eigenvalue weighted by Gasteiger charge is -2.32. The minimum absolute atomic E-state index is 0.0712. The van der Waals surface area contributed by atoms with Crippen molar-refractivity contribution in [2.45, 2.75) is 32.7 Å². The van der Waals surface area contributed by atoms with Crippen molar-refractivity contribution < 1.29 is 9.21 Å². The topological polar surface area (TPSA) is 71.3 Å². The number of carbonyl (C=O) groups excluding carboxylic acids is 1. The maximum atomic E-state index is 12.9. The van der Waals surface area contributed by atoms with Gasteiger partial charge in [-0.3, -0.25) is 4.79 Å². The van der Waals surface area contributed by atoms with Crippen molar-refractivity contribution in [2.24, 2.45) is 5.92 Å². The van der Waals surface area contributed by atoms with Crippen LogP contribution in [0.3, 0.4) is 0 Å². The van der Waals surface area contributed by atoms with Crippen molar-refractivity contribution in [3.63, 3.8) is 0 Å². The molecule has 0 radical (unpaired) electrons. The zero-order valence-electron chi connectivity index (χ0n) is 17.7. The first kappa shape index (κ1) is 19.5. The second-order valence-electron chi connectivity index (χ2n) is 8.15. The predicted octanol–water partition coefficient (Wildman–Crippen LogP) is 4.47. The van der Waals surface area contributed by atoms with E-state index in [0.717, 1.165) is 53.7 Å². The van der Waals surface area contributed by atoms with E-state index in [9.17, 15) is 4.79 Å². The van der Waals surface area contributed by atoms with Gasteiger partial charge in [0.2, 0.25) is 5.91 Å². The standard InChI is InChI=1S/C25H26N4O2/c1-2-17-9-11-18(12-10-17)14-26-25(30)19-6-5-13-29(15-19)24-23-22(27-16-28-24)20-7-3-4-8-21(20)31-23/h3-4,7-12,16,19H,2,5-6,13-15H2,1H3,(H,26,30)/t19-/m1/s1. The highest BCUT2D eigenvalue weighted by atomic mass is 16.3. The number of benzene rings is 2. The molecule has 0 spiro atoms. The minimum Gasteiger partial charge on any atom is -0.450 e. The molecule has 3 heterocycles. The molecule has 6 nitrogen and oxygen atoms in total. The fraction of sp³-hybridized carbons (Fsp3) is 0.320. The molecule has 1 saturated heterocycles. The van der Waals surface area contributed by atoms with Crippen molar-refractivity contribution >= 4 is 33.8 Å². The smallest absolute Gasteiger partial charge is 0.225 e. The van der Waals surface area contributed by atoms with Crippen LogP contribution in [0, 0.1) is 5.92 Å². The van der Waals surface area contributed by atoms with Crippen LogP contribution in [0.1, 0.15) is 30.9 Å². The van der Waals surface area contributed by atoms with E-state index in [1.807, 2.05) is 24.3 Å². The van der Waals surface area contributed by atoms with Gasteiger partial charge in [0.1, 0.15) is 17.4 Å². The Kier molecular flexibility index (Phi) is 5.28. The fourth-order valence-electron chi connectivity index (χ4n) is 4.35. The third-order valence-electron chi connectivity index (χ3n) is 6.13. The number of amides is 1. The molecule has 2 aromatic heterocycles. The Morgan fingerprint density at radius 3 is 2.77 bits per heavy atom. The van der Waals surface area contributed by atoms with Crippen LogP contribution in [0.5, 0.6) is 0 Å². The number of furan rings is 1. The van der Waals surface area contributed by atoms with Crippen LogP contribution in [0.25, 0.3) is 22.1 Å². The van der Waals surface area contributed by atoms with Gasteiger partial charge in [0, 0.05) is 25.0 Å². The van der Waals surface area contributed by atoms with E-state index in [1.165, 1.54) is 5.56 Å². The van der Waals surface area contributed by atoms with Crippen LogP contribution in [-0.4, -0.2) is 29.0 Å². The lowest BCUT2D eigenvalue weighted by molar-refractivity contribution is -0.125. The number of aryl methyl sites for hydroxylation is 1. The summed E-state index contributed by atoms with van der Waals surface area (Å²) in [7, 11) is 0. The molecule has 1 N–H and O–H groups in total. The van der Waals surface area contributed by atoms with Crippen molar-refractivity contribution in [1.29, 1.82) is 0 Å². The number of rotatable bonds is 5. The third kappa shape index (κ3) is 3.85. The molecule has 0 saturated carbocycles. The summed E-state index contributed by atoms with van der Waals surface area (Å²) in [6.07, 6.45) is 4.43. The van der Waals surface area contributed by atoms with E-state index >= 15 is 0 Å². The van der Waals surface area contributed by atoms with E-state index in [2.05, 4.69) is 51.4 Å². The summed E-state index contributed by atoms with van der Waals surface area (Å²) in [6.45, 7) is 4.18. The minimum atomic E-state index is -0.0712. The van der Waals surface area contributed by atoms with Crippen molar-refractivity contribution in [2.75, 3.05) is 18.0 Å². The van der Waals surface area contributed by atoms with E-state index < -0.39 is 0 Å². The Hall–Kier alpha value is -3.41. The Morgan fingerprint density at radius 1 is 1.13 bits per heavy atom. The van der Waals surface area contributed by atoms with Gasteiger partial charge in [-0.25, -0.2) is 9.97 Å². The molecule has 1 amide bonds. The highest BCUT2D eigenvalue weighted by Gasteiger charge is 2.28. The lowest BCUT2D eigenvalue weighted by atomic mass is 9.97. The Morgan fingerprint density at radius 2 is 1.94 bits per heavy atom. The maximum absolute atomic E-state index is 12.9. The summed E-state index contributed by atoms with van der Waals surface area (Å²) >= 11 is 0. The number of para-hydroxylation sites is 1. The highest BCUT2D eigenvalue weighted by Crippen LogP contribution is 2.33. The summed E-state index contributed by atoms with van der Waals surface area (Å²) < 4.78 is 6.09. The van der Waals surface area contributed by atoms with Crippen molar-refractivity contribution in [3.8, 4) is 0 Å². The van der Waals surface area contributed by atoms with Crippen LogP contribution < -0.4 is 10.2 Å². The summed E-state index contributed by atoms with van der Waals surface area (Å²) in [4.78, 5) is 24.0. The van der Waals surface area contributed by atoms with E-state index in [-0.39, 0.29) is 11.8 Å². The number of anilines is 1. The average Bonchev–Trinajstić information content (AvgIpc) is 3.22. The van der Waals surface area contributed by atoms with Crippen molar-refractivity contribution in [1.82, 2.24) is 15.3 Å². The second-order valence-corrected chi connectivity index (χ2v) is 8.15. The van der Waals surface area contributed by atoms with Gasteiger partial charge in [-0.1, -0.05) is 43.3 Å². The molecule has 6 heteroatoms. The van der Waals surface area contributed by atoms with Gasteiger partial charge in [-0.2, -0.15) is 0 Å². The van der Waals surface area contributed by atoms with E-state index in [1.54, 1.807) is 6.33 Å². The maximum Gasteiger partial charge on any atom is 0.225 e. The number of nitrogens with zero attached hydrogens (tertiary/aromatic N) is 3. The van der Waals surface area contributed by atoms with Gasteiger partial charge >= 0.3 is 0 Å². The molecule has 31 heavy (non-hydrogen) atoms. The van der Waals surface area contributed by atoms with Crippen LogP contribution >= 0.6 is 0 Å². The molecule has 0 unspecified atom stereocenters. The van der Waals surface area contributed by atoms with Crippen LogP contribution in [-0.2, 0) is 17.8 Å². The normalized spacial score (nSPS) is 16.7. The molecule has 1 aliphatic heterocycles. The highest BCUT2D eigenvalue weighted by molar-refractivity contribution is 6.05. The van der Waals surface area contributed by atoms with Gasteiger partial charge in [0.15, 0.2) is 11.4 Å². The van der Waals surface area contributed by atoms with Crippen LogP contribution in [0.15, 0.2) is 59.3 Å². The molecule has 1 aliphatic rings.